The number of amides is 1. The number of hydrogen-bond donors (Lipinski definition) is 2. The number of primary sulfonamides is 1. The van der Waals surface area contributed by atoms with Crippen LogP contribution in [-0.2, 0) is 14.8 Å². The normalized spacial score (nSPS) is 12.2. The van der Waals surface area contributed by atoms with E-state index in [1.54, 1.807) is 51.1 Å². The predicted octanol–water partition coefficient (Wildman–Crippen LogP) is 2.83. The number of carbonyl (C=O) groups excluding carboxylic acids is 1. The molecule has 0 aromatic heterocycles. The summed E-state index contributed by atoms with van der Waals surface area (Å²) in [6, 6.07) is 9.64. The van der Waals surface area contributed by atoms with Gasteiger partial charge < -0.3 is 4.74 Å². The SMILES string of the molecule is CC(C)(C)OC(=O)Nc1ccc2c(S(N)(=O)=O)cccc2c1. The van der Waals surface area contributed by atoms with E-state index in [-0.39, 0.29) is 4.90 Å². The van der Waals surface area contributed by atoms with Gasteiger partial charge in [0.15, 0.2) is 0 Å². The van der Waals surface area contributed by atoms with Gasteiger partial charge in [0.1, 0.15) is 5.60 Å². The van der Waals surface area contributed by atoms with Crippen LogP contribution in [0.25, 0.3) is 10.8 Å². The smallest absolute Gasteiger partial charge is 0.412 e. The third-order valence-corrected chi connectivity index (χ3v) is 3.76. The number of fused-ring (bicyclic) bond motifs is 1. The standard InChI is InChI=1S/C15H18N2O4S/c1-15(2,3)21-14(18)17-11-7-8-12-10(9-11)5-4-6-13(12)22(16,19)20/h4-9H,1-3H3,(H,17,18)(H2,16,19,20). The van der Waals surface area contributed by atoms with Gasteiger partial charge in [-0.3, -0.25) is 5.32 Å². The maximum absolute atomic E-state index is 11.7. The first-order valence-corrected chi connectivity index (χ1v) is 8.16. The molecular formula is C15H18N2O4S. The topological polar surface area (TPSA) is 98.5 Å². The van der Waals surface area contributed by atoms with Gasteiger partial charge in [-0.2, -0.15) is 0 Å². The zero-order chi connectivity index (χ0) is 16.5. The van der Waals surface area contributed by atoms with Crippen molar-refractivity contribution in [1.82, 2.24) is 0 Å². The number of rotatable bonds is 2. The van der Waals surface area contributed by atoms with Crippen molar-refractivity contribution in [3.05, 3.63) is 36.4 Å². The molecule has 1 amide bonds. The van der Waals surface area contributed by atoms with Crippen LogP contribution >= 0.6 is 0 Å². The summed E-state index contributed by atoms with van der Waals surface area (Å²) in [4.78, 5) is 11.8. The van der Waals surface area contributed by atoms with Crippen molar-refractivity contribution in [2.24, 2.45) is 5.14 Å². The van der Waals surface area contributed by atoms with Crippen LogP contribution in [0, 0.1) is 0 Å². The fourth-order valence-corrected chi connectivity index (χ4v) is 2.76. The molecule has 0 spiro atoms. The molecule has 0 atom stereocenters. The van der Waals surface area contributed by atoms with Crippen molar-refractivity contribution < 1.29 is 17.9 Å². The minimum absolute atomic E-state index is 0.0498. The first-order chi connectivity index (χ1) is 10.1. The molecule has 2 aromatic rings. The highest BCUT2D eigenvalue weighted by molar-refractivity contribution is 7.89. The van der Waals surface area contributed by atoms with E-state index >= 15 is 0 Å². The molecule has 2 rings (SSSR count). The van der Waals surface area contributed by atoms with E-state index in [9.17, 15) is 13.2 Å². The number of ether oxygens (including phenoxy) is 1. The van der Waals surface area contributed by atoms with E-state index in [1.165, 1.54) is 6.07 Å². The van der Waals surface area contributed by atoms with Crippen LogP contribution in [0.2, 0.25) is 0 Å². The Labute approximate surface area is 129 Å². The Morgan fingerprint density at radius 3 is 2.45 bits per heavy atom. The zero-order valence-corrected chi connectivity index (χ0v) is 13.4. The molecule has 0 bridgehead atoms. The summed E-state index contributed by atoms with van der Waals surface area (Å²) in [6.07, 6.45) is -0.575. The highest BCUT2D eigenvalue weighted by atomic mass is 32.2. The molecule has 0 saturated carbocycles. The lowest BCUT2D eigenvalue weighted by Crippen LogP contribution is -2.27. The molecule has 118 valence electrons. The van der Waals surface area contributed by atoms with Crippen molar-refractivity contribution in [3.63, 3.8) is 0 Å². The number of nitrogens with two attached hydrogens (primary N) is 1. The van der Waals surface area contributed by atoms with Crippen LogP contribution in [-0.4, -0.2) is 20.1 Å². The van der Waals surface area contributed by atoms with E-state index in [0.717, 1.165) is 0 Å². The predicted molar refractivity (Wildman–Crippen MR) is 85.2 cm³/mol. The Hall–Kier alpha value is -2.12. The van der Waals surface area contributed by atoms with Crippen molar-refractivity contribution >= 4 is 32.6 Å². The Morgan fingerprint density at radius 2 is 1.86 bits per heavy atom. The average Bonchev–Trinajstić information content (AvgIpc) is 2.34. The summed E-state index contributed by atoms with van der Waals surface area (Å²) in [5.41, 5.74) is -0.0878. The van der Waals surface area contributed by atoms with E-state index in [0.29, 0.717) is 16.5 Å². The highest BCUT2D eigenvalue weighted by Gasteiger charge is 2.17. The van der Waals surface area contributed by atoms with Crippen LogP contribution < -0.4 is 10.5 Å². The van der Waals surface area contributed by atoms with Crippen LogP contribution in [0.5, 0.6) is 0 Å². The number of nitrogens with one attached hydrogen (secondary N) is 1. The number of benzene rings is 2. The Morgan fingerprint density at radius 1 is 1.18 bits per heavy atom. The van der Waals surface area contributed by atoms with Gasteiger partial charge in [-0.25, -0.2) is 18.4 Å². The lowest BCUT2D eigenvalue weighted by molar-refractivity contribution is 0.0636. The van der Waals surface area contributed by atoms with Gasteiger partial charge in [0, 0.05) is 11.1 Å². The van der Waals surface area contributed by atoms with Gasteiger partial charge in [-0.05, 0) is 44.4 Å². The molecule has 0 heterocycles. The first-order valence-electron chi connectivity index (χ1n) is 6.62. The summed E-state index contributed by atoms with van der Waals surface area (Å²) in [6.45, 7) is 5.31. The van der Waals surface area contributed by atoms with E-state index < -0.39 is 21.7 Å². The fourth-order valence-electron chi connectivity index (χ4n) is 2.00. The van der Waals surface area contributed by atoms with Crippen molar-refractivity contribution in [2.75, 3.05) is 5.32 Å². The van der Waals surface area contributed by atoms with Gasteiger partial charge in [0.2, 0.25) is 10.0 Å². The molecule has 0 aliphatic carbocycles. The molecule has 0 fully saturated rings. The Kier molecular flexibility index (Phi) is 4.12. The van der Waals surface area contributed by atoms with Crippen molar-refractivity contribution in [2.45, 2.75) is 31.3 Å². The zero-order valence-electron chi connectivity index (χ0n) is 12.6. The molecule has 7 heteroatoms. The Balaban J connectivity index is 2.35. The third kappa shape index (κ3) is 3.96. The highest BCUT2D eigenvalue weighted by Crippen LogP contribution is 2.25. The molecule has 0 aliphatic heterocycles. The van der Waals surface area contributed by atoms with Gasteiger partial charge in [-0.15, -0.1) is 0 Å². The first kappa shape index (κ1) is 16.3. The van der Waals surface area contributed by atoms with E-state index in [4.69, 9.17) is 9.88 Å². The number of anilines is 1. The quantitative estimate of drug-likeness (QED) is 0.888. The number of sulfonamides is 1. The largest absolute Gasteiger partial charge is 0.444 e. The minimum atomic E-state index is -3.80. The molecule has 3 N–H and O–H groups in total. The van der Waals surface area contributed by atoms with E-state index in [2.05, 4.69) is 5.32 Å². The number of hydrogen-bond acceptors (Lipinski definition) is 4. The molecule has 0 aliphatic rings. The lowest BCUT2D eigenvalue weighted by atomic mass is 10.1. The summed E-state index contributed by atoms with van der Waals surface area (Å²) < 4.78 is 28.3. The summed E-state index contributed by atoms with van der Waals surface area (Å²) in [7, 11) is -3.80. The Bertz CT molecular complexity index is 823. The third-order valence-electron chi connectivity index (χ3n) is 2.79. The summed E-state index contributed by atoms with van der Waals surface area (Å²) in [5, 5.41) is 8.95. The molecule has 0 saturated heterocycles. The molecule has 22 heavy (non-hydrogen) atoms. The molecule has 6 nitrogen and oxygen atoms in total. The van der Waals surface area contributed by atoms with Crippen LogP contribution in [0.4, 0.5) is 10.5 Å². The lowest BCUT2D eigenvalue weighted by Gasteiger charge is -2.19. The van der Waals surface area contributed by atoms with E-state index in [1.807, 2.05) is 0 Å². The second-order valence-electron chi connectivity index (χ2n) is 5.86. The second-order valence-corrected chi connectivity index (χ2v) is 7.39. The maximum Gasteiger partial charge on any atom is 0.412 e. The molecule has 2 aromatic carbocycles. The fraction of sp³-hybridized carbons (Fsp3) is 0.267. The second kappa shape index (κ2) is 5.58. The van der Waals surface area contributed by atoms with Gasteiger partial charge >= 0.3 is 6.09 Å². The molecular weight excluding hydrogens is 304 g/mol. The average molecular weight is 322 g/mol. The van der Waals surface area contributed by atoms with Gasteiger partial charge in [-0.1, -0.05) is 18.2 Å². The molecule has 0 radical (unpaired) electrons. The summed E-state index contributed by atoms with van der Waals surface area (Å²) >= 11 is 0. The monoisotopic (exact) mass is 322 g/mol. The van der Waals surface area contributed by atoms with Crippen LogP contribution in [0.3, 0.4) is 0 Å². The van der Waals surface area contributed by atoms with Crippen LogP contribution in [0.1, 0.15) is 20.8 Å². The van der Waals surface area contributed by atoms with Gasteiger partial charge in [0.05, 0.1) is 4.90 Å². The maximum atomic E-state index is 11.7. The van der Waals surface area contributed by atoms with Gasteiger partial charge in [0.25, 0.3) is 0 Å². The summed E-state index contributed by atoms with van der Waals surface area (Å²) in [5.74, 6) is 0. The van der Waals surface area contributed by atoms with Crippen molar-refractivity contribution in [3.8, 4) is 0 Å². The number of carbonyl (C=O) groups is 1. The minimum Gasteiger partial charge on any atom is -0.444 e. The molecule has 0 unspecified atom stereocenters. The van der Waals surface area contributed by atoms with Crippen LogP contribution in [0.15, 0.2) is 41.3 Å². The van der Waals surface area contributed by atoms with Crippen molar-refractivity contribution in [1.29, 1.82) is 0 Å².